The number of hydrogen-bond acceptors (Lipinski definition) is 3. The van der Waals surface area contributed by atoms with Crippen LogP contribution in [0, 0.1) is 18.3 Å². The van der Waals surface area contributed by atoms with Gasteiger partial charge in [-0.2, -0.15) is 0 Å². The third kappa shape index (κ3) is 2.35. The molecule has 3 heteroatoms. The van der Waals surface area contributed by atoms with Crippen LogP contribution in [0.1, 0.15) is 50.3 Å². The van der Waals surface area contributed by atoms with E-state index in [4.69, 9.17) is 5.84 Å². The minimum atomic E-state index is 0.223. The molecular formula is C14H23N3. The van der Waals surface area contributed by atoms with Gasteiger partial charge in [0.15, 0.2) is 0 Å². The van der Waals surface area contributed by atoms with Gasteiger partial charge in [0, 0.05) is 12.4 Å². The second-order valence-corrected chi connectivity index (χ2v) is 5.86. The molecule has 2 unspecified atom stereocenters. The van der Waals surface area contributed by atoms with E-state index in [1.165, 1.54) is 30.4 Å². The van der Waals surface area contributed by atoms with Crippen LogP contribution in [0.15, 0.2) is 18.5 Å². The molecule has 0 aromatic carbocycles. The Kier molecular flexibility index (Phi) is 3.50. The van der Waals surface area contributed by atoms with Gasteiger partial charge in [0.2, 0.25) is 0 Å². The lowest BCUT2D eigenvalue weighted by Crippen LogP contribution is -2.38. The fourth-order valence-corrected chi connectivity index (χ4v) is 3.20. The molecule has 3 nitrogen and oxygen atoms in total. The Morgan fingerprint density at radius 1 is 1.53 bits per heavy atom. The SMILES string of the molecule is Cc1ccncc1C(NN)C1CCCC1(C)C. The van der Waals surface area contributed by atoms with Gasteiger partial charge < -0.3 is 0 Å². The molecule has 1 aromatic heterocycles. The number of rotatable bonds is 3. The van der Waals surface area contributed by atoms with Gasteiger partial charge in [-0.3, -0.25) is 16.3 Å². The van der Waals surface area contributed by atoms with Crippen molar-refractivity contribution < 1.29 is 0 Å². The molecule has 1 heterocycles. The normalized spacial score (nSPS) is 24.8. The third-order valence-corrected chi connectivity index (χ3v) is 4.34. The van der Waals surface area contributed by atoms with Gasteiger partial charge in [0.05, 0.1) is 6.04 Å². The smallest absolute Gasteiger partial charge is 0.0511 e. The summed E-state index contributed by atoms with van der Waals surface area (Å²) in [6.07, 6.45) is 7.63. The zero-order valence-electron chi connectivity index (χ0n) is 11.0. The van der Waals surface area contributed by atoms with Crippen molar-refractivity contribution in [3.8, 4) is 0 Å². The maximum absolute atomic E-state index is 5.80. The number of nitrogens with zero attached hydrogens (tertiary/aromatic N) is 1. The molecule has 0 bridgehead atoms. The molecule has 17 heavy (non-hydrogen) atoms. The van der Waals surface area contributed by atoms with E-state index in [0.717, 1.165) is 0 Å². The van der Waals surface area contributed by atoms with Gasteiger partial charge in [0.25, 0.3) is 0 Å². The Hall–Kier alpha value is -0.930. The number of nitrogens with one attached hydrogen (secondary N) is 1. The largest absolute Gasteiger partial charge is 0.271 e. The number of hydrogen-bond donors (Lipinski definition) is 2. The quantitative estimate of drug-likeness (QED) is 0.623. The highest BCUT2D eigenvalue weighted by molar-refractivity contribution is 5.26. The molecule has 1 aromatic rings. The van der Waals surface area contributed by atoms with Crippen LogP contribution in [-0.4, -0.2) is 4.98 Å². The summed E-state index contributed by atoms with van der Waals surface area (Å²) in [5.74, 6) is 6.39. The van der Waals surface area contributed by atoms with E-state index in [1.807, 2.05) is 12.4 Å². The van der Waals surface area contributed by atoms with Crippen LogP contribution in [0.25, 0.3) is 0 Å². The molecule has 2 atom stereocenters. The fraction of sp³-hybridized carbons (Fsp3) is 0.643. The number of pyridine rings is 1. The van der Waals surface area contributed by atoms with Crippen molar-refractivity contribution in [1.82, 2.24) is 10.4 Å². The van der Waals surface area contributed by atoms with Crippen molar-refractivity contribution in [3.05, 3.63) is 29.6 Å². The first kappa shape index (κ1) is 12.5. The number of aryl methyl sites for hydroxylation is 1. The van der Waals surface area contributed by atoms with Crippen LogP contribution in [-0.2, 0) is 0 Å². The van der Waals surface area contributed by atoms with Crippen molar-refractivity contribution in [2.24, 2.45) is 17.2 Å². The van der Waals surface area contributed by atoms with Gasteiger partial charge >= 0.3 is 0 Å². The molecule has 0 spiro atoms. The molecule has 2 rings (SSSR count). The predicted molar refractivity (Wildman–Crippen MR) is 70.2 cm³/mol. The van der Waals surface area contributed by atoms with E-state index in [0.29, 0.717) is 11.3 Å². The van der Waals surface area contributed by atoms with Crippen LogP contribution in [0.4, 0.5) is 0 Å². The molecule has 0 radical (unpaired) electrons. The summed E-state index contributed by atoms with van der Waals surface area (Å²) in [7, 11) is 0. The van der Waals surface area contributed by atoms with Gasteiger partial charge in [-0.05, 0) is 48.3 Å². The van der Waals surface area contributed by atoms with E-state index in [9.17, 15) is 0 Å². The minimum absolute atomic E-state index is 0.223. The molecular weight excluding hydrogens is 210 g/mol. The molecule has 1 fully saturated rings. The zero-order valence-corrected chi connectivity index (χ0v) is 11.0. The van der Waals surface area contributed by atoms with Gasteiger partial charge in [-0.25, -0.2) is 0 Å². The van der Waals surface area contributed by atoms with Crippen molar-refractivity contribution in [2.75, 3.05) is 0 Å². The van der Waals surface area contributed by atoms with Gasteiger partial charge in [-0.1, -0.05) is 20.3 Å². The number of hydrazine groups is 1. The third-order valence-electron chi connectivity index (χ3n) is 4.34. The van der Waals surface area contributed by atoms with Crippen LogP contribution in [0.2, 0.25) is 0 Å². The van der Waals surface area contributed by atoms with E-state index in [-0.39, 0.29) is 6.04 Å². The average molecular weight is 233 g/mol. The first-order valence-corrected chi connectivity index (χ1v) is 6.43. The first-order valence-electron chi connectivity index (χ1n) is 6.43. The lowest BCUT2D eigenvalue weighted by Gasteiger charge is -2.34. The molecule has 0 aliphatic heterocycles. The molecule has 0 amide bonds. The summed E-state index contributed by atoms with van der Waals surface area (Å²) in [4.78, 5) is 4.24. The van der Waals surface area contributed by atoms with Crippen molar-refractivity contribution in [1.29, 1.82) is 0 Å². The summed E-state index contributed by atoms with van der Waals surface area (Å²) in [5.41, 5.74) is 5.89. The monoisotopic (exact) mass is 233 g/mol. The van der Waals surface area contributed by atoms with Crippen molar-refractivity contribution in [2.45, 2.75) is 46.1 Å². The molecule has 3 N–H and O–H groups in total. The Balaban J connectivity index is 2.31. The average Bonchev–Trinajstić information content (AvgIpc) is 2.63. The molecule has 1 aliphatic carbocycles. The van der Waals surface area contributed by atoms with Crippen LogP contribution < -0.4 is 11.3 Å². The molecule has 0 saturated heterocycles. The summed E-state index contributed by atoms with van der Waals surface area (Å²) in [6.45, 7) is 6.82. The highest BCUT2D eigenvalue weighted by Crippen LogP contribution is 2.48. The number of nitrogens with two attached hydrogens (primary N) is 1. The lowest BCUT2D eigenvalue weighted by atomic mass is 9.75. The van der Waals surface area contributed by atoms with Crippen LogP contribution in [0.5, 0.6) is 0 Å². The number of aromatic nitrogens is 1. The Morgan fingerprint density at radius 3 is 2.82 bits per heavy atom. The summed E-state index contributed by atoms with van der Waals surface area (Å²) in [5, 5.41) is 0. The Bertz CT molecular complexity index is 387. The zero-order chi connectivity index (χ0) is 12.5. The maximum atomic E-state index is 5.80. The molecule has 1 saturated carbocycles. The van der Waals surface area contributed by atoms with E-state index < -0.39 is 0 Å². The minimum Gasteiger partial charge on any atom is -0.271 e. The second-order valence-electron chi connectivity index (χ2n) is 5.86. The highest BCUT2D eigenvalue weighted by atomic mass is 15.2. The summed E-state index contributed by atoms with van der Waals surface area (Å²) in [6, 6.07) is 2.28. The Morgan fingerprint density at radius 2 is 2.29 bits per heavy atom. The standard InChI is InChI=1S/C14H23N3/c1-10-6-8-16-9-11(10)13(17-15)12-5-4-7-14(12,2)3/h6,8-9,12-13,17H,4-5,7,15H2,1-3H3. The van der Waals surface area contributed by atoms with E-state index in [2.05, 4.69) is 37.2 Å². The second kappa shape index (κ2) is 4.75. The van der Waals surface area contributed by atoms with Gasteiger partial charge in [-0.15, -0.1) is 0 Å². The lowest BCUT2D eigenvalue weighted by molar-refractivity contribution is 0.197. The molecule has 1 aliphatic rings. The van der Waals surface area contributed by atoms with Crippen molar-refractivity contribution in [3.63, 3.8) is 0 Å². The maximum Gasteiger partial charge on any atom is 0.0511 e. The van der Waals surface area contributed by atoms with Crippen LogP contribution >= 0.6 is 0 Å². The molecule has 94 valence electrons. The van der Waals surface area contributed by atoms with E-state index in [1.54, 1.807) is 0 Å². The summed E-state index contributed by atoms with van der Waals surface area (Å²) >= 11 is 0. The topological polar surface area (TPSA) is 50.9 Å². The van der Waals surface area contributed by atoms with Crippen molar-refractivity contribution >= 4 is 0 Å². The highest BCUT2D eigenvalue weighted by Gasteiger charge is 2.40. The van der Waals surface area contributed by atoms with Gasteiger partial charge in [0.1, 0.15) is 0 Å². The first-order chi connectivity index (χ1) is 8.06. The predicted octanol–water partition coefficient (Wildman–Crippen LogP) is 2.72. The van der Waals surface area contributed by atoms with Crippen LogP contribution in [0.3, 0.4) is 0 Å². The van der Waals surface area contributed by atoms with E-state index >= 15 is 0 Å². The fourth-order valence-electron chi connectivity index (χ4n) is 3.20. The Labute approximate surface area is 104 Å². The summed E-state index contributed by atoms with van der Waals surface area (Å²) < 4.78 is 0.